The minimum Gasteiger partial charge on any atom is -0.318 e. The number of thiophene rings is 1. The fourth-order valence-corrected chi connectivity index (χ4v) is 3.09. The highest BCUT2D eigenvalue weighted by atomic mass is 79.9. The minimum absolute atomic E-state index is 0.0866. The van der Waals surface area contributed by atoms with E-state index in [0.717, 1.165) is 27.2 Å². The van der Waals surface area contributed by atoms with Crippen LogP contribution >= 0.6 is 27.3 Å². The summed E-state index contributed by atoms with van der Waals surface area (Å²) >= 11 is 4.86. The lowest BCUT2D eigenvalue weighted by atomic mass is 10.3. The van der Waals surface area contributed by atoms with E-state index in [1.807, 2.05) is 33.2 Å². The molecule has 0 aromatic carbocycles. The topological polar surface area (TPSA) is 46.9 Å². The van der Waals surface area contributed by atoms with Gasteiger partial charge in [-0.05, 0) is 40.9 Å². The van der Waals surface area contributed by atoms with Gasteiger partial charge < -0.3 is 5.32 Å². The van der Waals surface area contributed by atoms with Crippen molar-refractivity contribution in [2.75, 3.05) is 5.32 Å². The molecule has 0 fully saturated rings. The zero-order valence-corrected chi connectivity index (χ0v) is 12.9. The predicted molar refractivity (Wildman–Crippen MR) is 77.3 cm³/mol. The zero-order chi connectivity index (χ0) is 13.3. The Morgan fingerprint density at radius 2 is 2.33 bits per heavy atom. The minimum atomic E-state index is -0.0866. The van der Waals surface area contributed by atoms with Crippen LogP contribution in [0.25, 0.3) is 0 Å². The fraction of sp³-hybridized carbons (Fsp3) is 0.333. The van der Waals surface area contributed by atoms with Crippen molar-refractivity contribution in [3.05, 3.63) is 32.2 Å². The van der Waals surface area contributed by atoms with Gasteiger partial charge in [-0.1, -0.05) is 6.92 Å². The Hall–Kier alpha value is -1.14. The summed E-state index contributed by atoms with van der Waals surface area (Å²) in [6, 6.07) is 1.88. The van der Waals surface area contributed by atoms with Gasteiger partial charge in [0.05, 0.1) is 20.0 Å². The molecule has 0 atom stereocenters. The van der Waals surface area contributed by atoms with Gasteiger partial charge in [0.15, 0.2) is 0 Å². The van der Waals surface area contributed by atoms with Gasteiger partial charge in [-0.25, -0.2) is 0 Å². The molecule has 2 heterocycles. The van der Waals surface area contributed by atoms with Crippen LogP contribution in [-0.4, -0.2) is 15.7 Å². The molecule has 0 saturated heterocycles. The quantitative estimate of drug-likeness (QED) is 0.939. The van der Waals surface area contributed by atoms with Gasteiger partial charge in [-0.2, -0.15) is 5.10 Å². The molecule has 6 heteroatoms. The van der Waals surface area contributed by atoms with Crippen LogP contribution in [0.1, 0.15) is 27.9 Å². The number of aryl methyl sites for hydroxylation is 3. The van der Waals surface area contributed by atoms with Gasteiger partial charge in [-0.15, -0.1) is 11.3 Å². The van der Waals surface area contributed by atoms with Crippen molar-refractivity contribution < 1.29 is 4.79 Å². The maximum absolute atomic E-state index is 12.1. The van der Waals surface area contributed by atoms with Crippen LogP contribution in [0.15, 0.2) is 16.0 Å². The standard InChI is InChI=1S/C12H14BrN3OS/c1-4-8-9(6-16(3)15-8)14-12(17)10-5-7(2)11(13)18-10/h5-6H,4H2,1-3H3,(H,14,17). The lowest BCUT2D eigenvalue weighted by Gasteiger charge is -2.01. The summed E-state index contributed by atoms with van der Waals surface area (Å²) in [5.41, 5.74) is 2.76. The molecule has 0 bridgehead atoms. The zero-order valence-electron chi connectivity index (χ0n) is 10.5. The van der Waals surface area contributed by atoms with Crippen molar-refractivity contribution in [1.82, 2.24) is 9.78 Å². The number of carbonyl (C=O) groups is 1. The van der Waals surface area contributed by atoms with Crippen molar-refractivity contribution in [2.24, 2.45) is 7.05 Å². The monoisotopic (exact) mass is 327 g/mol. The van der Waals surface area contributed by atoms with Crippen LogP contribution in [-0.2, 0) is 13.5 Å². The van der Waals surface area contributed by atoms with E-state index in [-0.39, 0.29) is 5.91 Å². The number of halogens is 1. The number of rotatable bonds is 3. The highest BCUT2D eigenvalue weighted by molar-refractivity contribution is 9.11. The van der Waals surface area contributed by atoms with Gasteiger partial charge in [0, 0.05) is 13.2 Å². The molecule has 0 aliphatic carbocycles. The van der Waals surface area contributed by atoms with E-state index in [4.69, 9.17) is 0 Å². The van der Waals surface area contributed by atoms with Gasteiger partial charge in [0.2, 0.25) is 0 Å². The Labute approximate surface area is 118 Å². The second kappa shape index (κ2) is 5.24. The molecule has 0 unspecified atom stereocenters. The molecular formula is C12H14BrN3OS. The van der Waals surface area contributed by atoms with Crippen LogP contribution in [0, 0.1) is 6.92 Å². The van der Waals surface area contributed by atoms with E-state index in [1.54, 1.807) is 4.68 Å². The molecule has 1 N–H and O–H groups in total. The van der Waals surface area contributed by atoms with Crippen molar-refractivity contribution in [1.29, 1.82) is 0 Å². The normalized spacial score (nSPS) is 10.7. The lowest BCUT2D eigenvalue weighted by molar-refractivity contribution is 0.103. The molecular weight excluding hydrogens is 314 g/mol. The maximum Gasteiger partial charge on any atom is 0.265 e. The molecule has 18 heavy (non-hydrogen) atoms. The molecule has 2 aromatic heterocycles. The first-order chi connectivity index (χ1) is 8.51. The first-order valence-corrected chi connectivity index (χ1v) is 7.22. The van der Waals surface area contributed by atoms with Gasteiger partial charge in [0.25, 0.3) is 5.91 Å². The van der Waals surface area contributed by atoms with Crippen LogP contribution in [0.2, 0.25) is 0 Å². The average molecular weight is 328 g/mol. The number of hydrogen-bond acceptors (Lipinski definition) is 3. The molecule has 0 aliphatic rings. The van der Waals surface area contributed by atoms with Crippen LogP contribution in [0.5, 0.6) is 0 Å². The van der Waals surface area contributed by atoms with E-state index in [0.29, 0.717) is 4.88 Å². The Bertz CT molecular complexity index is 569. The predicted octanol–water partition coefficient (Wildman–Crippen LogP) is 3.37. The first-order valence-electron chi connectivity index (χ1n) is 5.61. The molecule has 1 amide bonds. The van der Waals surface area contributed by atoms with Crippen LogP contribution in [0.4, 0.5) is 5.69 Å². The van der Waals surface area contributed by atoms with Crippen molar-refractivity contribution in [3.63, 3.8) is 0 Å². The number of amides is 1. The van der Waals surface area contributed by atoms with Crippen molar-refractivity contribution in [2.45, 2.75) is 20.3 Å². The first kappa shape index (κ1) is 13.3. The van der Waals surface area contributed by atoms with Gasteiger partial charge in [0.1, 0.15) is 0 Å². The number of hydrogen-bond donors (Lipinski definition) is 1. The molecule has 0 radical (unpaired) electrons. The lowest BCUT2D eigenvalue weighted by Crippen LogP contribution is -2.10. The Kier molecular flexibility index (Phi) is 3.87. The van der Waals surface area contributed by atoms with Gasteiger partial charge in [-0.3, -0.25) is 9.48 Å². The SMILES string of the molecule is CCc1nn(C)cc1NC(=O)c1cc(C)c(Br)s1. The molecule has 4 nitrogen and oxygen atoms in total. The highest BCUT2D eigenvalue weighted by Crippen LogP contribution is 2.28. The highest BCUT2D eigenvalue weighted by Gasteiger charge is 2.14. The van der Waals surface area contributed by atoms with Crippen LogP contribution < -0.4 is 5.32 Å². The molecule has 2 rings (SSSR count). The molecule has 0 saturated carbocycles. The third-order valence-corrected chi connectivity index (χ3v) is 4.70. The van der Waals surface area contributed by atoms with Crippen molar-refractivity contribution >= 4 is 38.9 Å². The largest absolute Gasteiger partial charge is 0.318 e. The number of nitrogens with one attached hydrogen (secondary N) is 1. The summed E-state index contributed by atoms with van der Waals surface area (Å²) < 4.78 is 2.71. The molecule has 0 spiro atoms. The van der Waals surface area contributed by atoms with E-state index < -0.39 is 0 Å². The summed E-state index contributed by atoms with van der Waals surface area (Å²) in [5.74, 6) is -0.0866. The molecule has 2 aromatic rings. The van der Waals surface area contributed by atoms with Gasteiger partial charge >= 0.3 is 0 Å². The second-order valence-corrected chi connectivity index (χ2v) is 6.41. The number of nitrogens with zero attached hydrogens (tertiary/aromatic N) is 2. The smallest absolute Gasteiger partial charge is 0.265 e. The molecule has 96 valence electrons. The second-order valence-electron chi connectivity index (χ2n) is 4.04. The fourth-order valence-electron chi connectivity index (χ4n) is 1.66. The Morgan fingerprint density at radius 3 is 2.89 bits per heavy atom. The Balaban J connectivity index is 2.20. The van der Waals surface area contributed by atoms with E-state index in [2.05, 4.69) is 26.3 Å². The summed E-state index contributed by atoms with van der Waals surface area (Å²) in [4.78, 5) is 12.8. The van der Waals surface area contributed by atoms with Crippen LogP contribution in [0.3, 0.4) is 0 Å². The summed E-state index contributed by atoms with van der Waals surface area (Å²) in [6.07, 6.45) is 2.62. The summed E-state index contributed by atoms with van der Waals surface area (Å²) in [7, 11) is 1.85. The number of carbonyl (C=O) groups excluding carboxylic acids is 1. The van der Waals surface area contributed by atoms with Crippen molar-refractivity contribution in [3.8, 4) is 0 Å². The third kappa shape index (κ3) is 2.64. The van der Waals surface area contributed by atoms with E-state index >= 15 is 0 Å². The van der Waals surface area contributed by atoms with E-state index in [9.17, 15) is 4.79 Å². The summed E-state index contributed by atoms with van der Waals surface area (Å²) in [5, 5.41) is 7.20. The number of aromatic nitrogens is 2. The average Bonchev–Trinajstić information content (AvgIpc) is 2.83. The number of anilines is 1. The third-order valence-electron chi connectivity index (χ3n) is 2.57. The van der Waals surface area contributed by atoms with E-state index in [1.165, 1.54) is 11.3 Å². The summed E-state index contributed by atoms with van der Waals surface area (Å²) in [6.45, 7) is 3.99. The maximum atomic E-state index is 12.1. The Morgan fingerprint density at radius 1 is 1.61 bits per heavy atom. The molecule has 0 aliphatic heterocycles.